The normalized spacial score (nSPS) is 19.1. The smallest absolute Gasteiger partial charge is 0.550 e. The zero-order chi connectivity index (χ0) is 20.5. The molecule has 0 saturated heterocycles. The summed E-state index contributed by atoms with van der Waals surface area (Å²) in [7, 11) is 0. The number of hydrogen-bond donors (Lipinski definition) is 0. The van der Waals surface area contributed by atoms with Crippen LogP contribution in [0.15, 0.2) is 12.2 Å². The zero-order valence-electron chi connectivity index (χ0n) is 19.0. The molecule has 2 atom stereocenters. The minimum Gasteiger partial charge on any atom is -0.550 e. The van der Waals surface area contributed by atoms with E-state index in [1.807, 2.05) is 6.08 Å². The molecule has 1 aliphatic carbocycles. The monoisotopic (exact) mass is 416 g/mol. The third-order valence-electron chi connectivity index (χ3n) is 5.83. The van der Waals surface area contributed by atoms with Crippen molar-refractivity contribution in [3.63, 3.8) is 0 Å². The van der Waals surface area contributed by atoms with Gasteiger partial charge in [0.2, 0.25) is 0 Å². The first-order chi connectivity index (χ1) is 13.7. The Hall–Kier alpha value is -0.320. The summed E-state index contributed by atoms with van der Waals surface area (Å²) in [6.07, 6.45) is 22.6. The second-order valence-corrected chi connectivity index (χ2v) is 8.24. The minimum absolute atomic E-state index is 0. The number of allylic oxidation sites excluding steroid dienone is 1. The summed E-state index contributed by atoms with van der Waals surface area (Å²) in [5, 5.41) is 11.1. The molecule has 0 N–H and O–H groups in total. The van der Waals surface area contributed by atoms with Gasteiger partial charge in [0.05, 0.1) is 5.92 Å². The second kappa shape index (κ2) is 19.6. The fourth-order valence-electron chi connectivity index (χ4n) is 4.04. The van der Waals surface area contributed by atoms with Gasteiger partial charge in [0.1, 0.15) is 6.61 Å². The van der Waals surface area contributed by atoms with Gasteiger partial charge >= 0.3 is 35.5 Å². The number of hydrogen-bond acceptors (Lipinski definition) is 4. The number of esters is 1. The van der Waals surface area contributed by atoms with Crippen LogP contribution < -0.4 is 34.7 Å². The van der Waals surface area contributed by atoms with E-state index >= 15 is 0 Å². The molecule has 2 unspecified atom stereocenters. The molecule has 0 radical (unpaired) electrons. The number of carbonyl (C=O) groups excluding carboxylic acids is 2. The van der Waals surface area contributed by atoms with Crippen LogP contribution in [0, 0.1) is 11.8 Å². The molecular weight excluding hydrogens is 375 g/mol. The van der Waals surface area contributed by atoms with E-state index in [2.05, 4.69) is 13.0 Å². The van der Waals surface area contributed by atoms with Gasteiger partial charge in [0.15, 0.2) is 0 Å². The first-order valence-corrected chi connectivity index (χ1v) is 11.7. The standard InChI is InChI=1S/C24H42O4.Na/c1-2-3-4-5-6-7-8-9-10-11-12-13-14-17-20-28-24(27)22-19-16-15-18-21(22)23(25)26;/h14,17,21-22H,2-13,15-16,18-20H2,1H3,(H,25,26);/q;+1/p-1/b17-14+;. The number of ether oxygens (including phenoxy) is 1. The van der Waals surface area contributed by atoms with Crippen LogP contribution in [0.3, 0.4) is 0 Å². The molecular formula is C24H41NaO4. The molecule has 5 heteroatoms. The van der Waals surface area contributed by atoms with E-state index in [1.54, 1.807) is 0 Å². The molecule has 0 aromatic rings. The predicted octanol–water partition coefficient (Wildman–Crippen LogP) is 2.35. The van der Waals surface area contributed by atoms with Crippen LogP contribution >= 0.6 is 0 Å². The van der Waals surface area contributed by atoms with Crippen LogP contribution in [-0.2, 0) is 14.3 Å². The van der Waals surface area contributed by atoms with Gasteiger partial charge in [-0.3, -0.25) is 4.79 Å². The number of carboxylic acid groups (broad SMARTS) is 1. The fourth-order valence-corrected chi connectivity index (χ4v) is 4.04. The largest absolute Gasteiger partial charge is 1.00 e. The second-order valence-electron chi connectivity index (χ2n) is 8.24. The van der Waals surface area contributed by atoms with Gasteiger partial charge in [0, 0.05) is 11.9 Å². The van der Waals surface area contributed by atoms with Crippen LogP contribution in [0.5, 0.6) is 0 Å². The van der Waals surface area contributed by atoms with Crippen molar-refractivity contribution in [1.29, 1.82) is 0 Å². The zero-order valence-corrected chi connectivity index (χ0v) is 21.0. The first-order valence-electron chi connectivity index (χ1n) is 11.7. The average Bonchev–Trinajstić information content (AvgIpc) is 2.70. The molecule has 0 heterocycles. The Morgan fingerprint density at radius 2 is 1.34 bits per heavy atom. The van der Waals surface area contributed by atoms with Crippen LogP contribution in [0.2, 0.25) is 0 Å². The van der Waals surface area contributed by atoms with Gasteiger partial charge in [-0.1, -0.05) is 96.1 Å². The molecule has 162 valence electrons. The minimum atomic E-state index is -1.12. The molecule has 0 spiro atoms. The third kappa shape index (κ3) is 14.3. The van der Waals surface area contributed by atoms with E-state index in [4.69, 9.17) is 4.74 Å². The molecule has 0 aliphatic heterocycles. The molecule has 0 aromatic carbocycles. The molecule has 29 heavy (non-hydrogen) atoms. The maximum atomic E-state index is 12.1. The van der Waals surface area contributed by atoms with E-state index in [0.717, 1.165) is 19.3 Å². The van der Waals surface area contributed by atoms with Crippen molar-refractivity contribution in [2.24, 2.45) is 11.8 Å². The van der Waals surface area contributed by atoms with Crippen molar-refractivity contribution >= 4 is 11.9 Å². The summed E-state index contributed by atoms with van der Waals surface area (Å²) in [6, 6.07) is 0. The Labute approximate surface area is 200 Å². The van der Waals surface area contributed by atoms with E-state index in [0.29, 0.717) is 12.8 Å². The van der Waals surface area contributed by atoms with Gasteiger partial charge < -0.3 is 14.6 Å². The Kier molecular flexibility index (Phi) is 19.4. The van der Waals surface area contributed by atoms with Crippen molar-refractivity contribution in [2.45, 2.75) is 110 Å². The van der Waals surface area contributed by atoms with Crippen molar-refractivity contribution in [3.05, 3.63) is 12.2 Å². The van der Waals surface area contributed by atoms with E-state index in [-0.39, 0.29) is 42.1 Å². The molecule has 1 rings (SSSR count). The van der Waals surface area contributed by atoms with Crippen molar-refractivity contribution in [2.75, 3.05) is 6.61 Å². The molecule has 1 fully saturated rings. The average molecular weight is 417 g/mol. The number of carbonyl (C=O) groups is 2. The van der Waals surface area contributed by atoms with E-state index in [1.165, 1.54) is 70.6 Å². The quantitative estimate of drug-likeness (QED) is 0.168. The Morgan fingerprint density at radius 1 is 0.828 bits per heavy atom. The van der Waals surface area contributed by atoms with Gasteiger partial charge in [-0.25, -0.2) is 0 Å². The first kappa shape index (κ1) is 28.7. The maximum Gasteiger partial charge on any atom is 1.00 e. The number of rotatable bonds is 16. The molecule has 1 aliphatic rings. The van der Waals surface area contributed by atoms with Gasteiger partial charge in [0.25, 0.3) is 0 Å². The van der Waals surface area contributed by atoms with Gasteiger partial charge in [-0.2, -0.15) is 0 Å². The van der Waals surface area contributed by atoms with Crippen LogP contribution in [0.25, 0.3) is 0 Å². The molecule has 4 nitrogen and oxygen atoms in total. The summed E-state index contributed by atoms with van der Waals surface area (Å²) in [5.41, 5.74) is 0. The summed E-state index contributed by atoms with van der Waals surface area (Å²) >= 11 is 0. The predicted molar refractivity (Wildman–Crippen MR) is 112 cm³/mol. The van der Waals surface area contributed by atoms with Crippen LogP contribution in [0.4, 0.5) is 0 Å². The van der Waals surface area contributed by atoms with Crippen LogP contribution in [0.1, 0.15) is 110 Å². The Balaban J connectivity index is 0.00000784. The molecule has 0 aromatic heterocycles. The summed E-state index contributed by atoms with van der Waals surface area (Å²) < 4.78 is 5.25. The SMILES string of the molecule is CCCCCCCCCCCCC/C=C/COC(=O)C1CCCCC1C(=O)[O-].[Na+]. The molecule has 0 amide bonds. The summed E-state index contributed by atoms with van der Waals surface area (Å²) in [6.45, 7) is 2.50. The fraction of sp³-hybridized carbons (Fsp3) is 0.833. The van der Waals surface area contributed by atoms with Gasteiger partial charge in [-0.15, -0.1) is 0 Å². The van der Waals surface area contributed by atoms with E-state index in [9.17, 15) is 14.7 Å². The number of carboxylic acids is 1. The number of unbranched alkanes of at least 4 members (excludes halogenated alkanes) is 11. The van der Waals surface area contributed by atoms with Crippen LogP contribution in [-0.4, -0.2) is 18.5 Å². The van der Waals surface area contributed by atoms with Crippen molar-refractivity contribution in [1.82, 2.24) is 0 Å². The Morgan fingerprint density at radius 3 is 1.90 bits per heavy atom. The van der Waals surface area contributed by atoms with Crippen molar-refractivity contribution in [3.8, 4) is 0 Å². The van der Waals surface area contributed by atoms with Crippen molar-refractivity contribution < 1.29 is 49.0 Å². The van der Waals surface area contributed by atoms with Gasteiger partial charge in [-0.05, 0) is 25.7 Å². The van der Waals surface area contributed by atoms with E-state index < -0.39 is 17.8 Å². The summed E-state index contributed by atoms with van der Waals surface area (Å²) in [5.74, 6) is -2.71. The molecule has 0 bridgehead atoms. The molecule has 1 saturated carbocycles. The Bertz CT molecular complexity index is 450. The summed E-state index contributed by atoms with van der Waals surface area (Å²) in [4.78, 5) is 23.2. The topological polar surface area (TPSA) is 66.4 Å². The third-order valence-corrected chi connectivity index (χ3v) is 5.83. The number of aliphatic carboxylic acids is 1. The maximum absolute atomic E-state index is 12.1.